The van der Waals surface area contributed by atoms with Gasteiger partial charge in [0, 0.05) is 0 Å². The first kappa shape index (κ1) is 11.7. The van der Waals surface area contributed by atoms with Crippen LogP contribution in [0.3, 0.4) is 0 Å². The maximum absolute atomic E-state index is 13.3. The molecule has 5 heteroatoms. The van der Waals surface area contributed by atoms with Crippen LogP contribution >= 0.6 is 0 Å². The average molecular weight is 218 g/mol. The van der Waals surface area contributed by atoms with Gasteiger partial charge in [0.05, 0.1) is 19.8 Å². The van der Waals surface area contributed by atoms with Gasteiger partial charge in [0.25, 0.3) is 5.92 Å². The minimum atomic E-state index is -3.33. The van der Waals surface area contributed by atoms with Crippen LogP contribution in [0.5, 0.6) is 11.5 Å². The summed E-state index contributed by atoms with van der Waals surface area (Å²) in [7, 11) is 2.67. The fraction of sp³-hybridized carbons (Fsp3) is 0.400. The summed E-state index contributed by atoms with van der Waals surface area (Å²) in [5.74, 6) is -3.02. The molecule has 1 aromatic rings. The van der Waals surface area contributed by atoms with E-state index in [4.69, 9.17) is 14.6 Å². The lowest BCUT2D eigenvalue weighted by molar-refractivity contribution is -0.0572. The number of hydrogen-bond acceptors (Lipinski definition) is 3. The van der Waals surface area contributed by atoms with Crippen molar-refractivity contribution in [2.45, 2.75) is 5.92 Å². The van der Waals surface area contributed by atoms with E-state index < -0.39 is 12.5 Å². The third kappa shape index (κ3) is 2.36. The largest absolute Gasteiger partial charge is 0.497 e. The SMILES string of the molecule is COc1ccc(OC)c(C(F)(F)CO)c1. The van der Waals surface area contributed by atoms with E-state index in [0.717, 1.165) is 6.07 Å². The zero-order valence-electron chi connectivity index (χ0n) is 8.46. The van der Waals surface area contributed by atoms with Gasteiger partial charge in [0.2, 0.25) is 0 Å². The lowest BCUT2D eigenvalue weighted by Crippen LogP contribution is -2.19. The molecular formula is C10H12F2O3. The number of ether oxygens (including phenoxy) is 2. The first-order valence-corrected chi connectivity index (χ1v) is 4.26. The van der Waals surface area contributed by atoms with Crippen molar-refractivity contribution in [3.05, 3.63) is 23.8 Å². The van der Waals surface area contributed by atoms with Crippen molar-refractivity contribution >= 4 is 0 Å². The van der Waals surface area contributed by atoms with Gasteiger partial charge in [-0.05, 0) is 18.2 Å². The zero-order chi connectivity index (χ0) is 11.5. The Kier molecular flexibility index (Phi) is 3.47. The summed E-state index contributed by atoms with van der Waals surface area (Å²) in [4.78, 5) is 0. The Labute approximate surface area is 86.2 Å². The molecule has 0 aliphatic rings. The number of halogens is 2. The predicted molar refractivity (Wildman–Crippen MR) is 50.5 cm³/mol. The first-order chi connectivity index (χ1) is 7.05. The molecule has 15 heavy (non-hydrogen) atoms. The fourth-order valence-corrected chi connectivity index (χ4v) is 1.19. The van der Waals surface area contributed by atoms with E-state index in [-0.39, 0.29) is 11.3 Å². The Bertz CT molecular complexity index is 339. The second-order valence-corrected chi connectivity index (χ2v) is 2.93. The van der Waals surface area contributed by atoms with Crippen molar-refractivity contribution < 1.29 is 23.4 Å². The van der Waals surface area contributed by atoms with E-state index in [1.54, 1.807) is 0 Å². The summed E-state index contributed by atoms with van der Waals surface area (Å²) in [5.41, 5.74) is -0.383. The van der Waals surface area contributed by atoms with Gasteiger partial charge in [-0.15, -0.1) is 0 Å². The zero-order valence-corrected chi connectivity index (χ0v) is 8.46. The summed E-state index contributed by atoms with van der Waals surface area (Å²) in [5, 5.41) is 8.58. The van der Waals surface area contributed by atoms with Crippen LogP contribution in [-0.4, -0.2) is 25.9 Å². The van der Waals surface area contributed by atoms with Crippen molar-refractivity contribution in [1.29, 1.82) is 0 Å². The van der Waals surface area contributed by atoms with Crippen LogP contribution in [0.4, 0.5) is 8.78 Å². The smallest absolute Gasteiger partial charge is 0.299 e. The summed E-state index contributed by atoms with van der Waals surface area (Å²) in [6.45, 7) is -1.27. The summed E-state index contributed by atoms with van der Waals surface area (Å²) in [6, 6.07) is 4.03. The lowest BCUT2D eigenvalue weighted by atomic mass is 10.1. The number of hydrogen-bond donors (Lipinski definition) is 1. The van der Waals surface area contributed by atoms with Crippen LogP contribution in [0.2, 0.25) is 0 Å². The Hall–Kier alpha value is -1.36. The number of aliphatic hydroxyl groups excluding tert-OH is 1. The summed E-state index contributed by atoms with van der Waals surface area (Å²) >= 11 is 0. The number of aliphatic hydroxyl groups is 1. The molecule has 3 nitrogen and oxygen atoms in total. The first-order valence-electron chi connectivity index (χ1n) is 4.26. The highest BCUT2D eigenvalue weighted by molar-refractivity contribution is 5.42. The molecule has 0 atom stereocenters. The van der Waals surface area contributed by atoms with Gasteiger partial charge in [-0.25, -0.2) is 0 Å². The summed E-state index contributed by atoms with van der Waals surface area (Å²) < 4.78 is 36.1. The number of benzene rings is 1. The van der Waals surface area contributed by atoms with Crippen molar-refractivity contribution in [1.82, 2.24) is 0 Å². The molecule has 0 aliphatic carbocycles. The molecule has 0 saturated carbocycles. The molecular weight excluding hydrogens is 206 g/mol. The maximum Gasteiger partial charge on any atom is 0.299 e. The molecule has 0 bridgehead atoms. The van der Waals surface area contributed by atoms with E-state index in [1.165, 1.54) is 26.4 Å². The van der Waals surface area contributed by atoms with Gasteiger partial charge in [0.15, 0.2) is 0 Å². The molecule has 0 fully saturated rings. The Morgan fingerprint density at radius 2 is 1.93 bits per heavy atom. The van der Waals surface area contributed by atoms with Crippen molar-refractivity contribution in [2.24, 2.45) is 0 Å². The second kappa shape index (κ2) is 4.44. The maximum atomic E-state index is 13.3. The van der Waals surface area contributed by atoms with Gasteiger partial charge in [0.1, 0.15) is 18.1 Å². The van der Waals surface area contributed by atoms with Crippen LogP contribution < -0.4 is 9.47 Å². The Morgan fingerprint density at radius 3 is 2.40 bits per heavy atom. The third-order valence-corrected chi connectivity index (χ3v) is 2.00. The van der Waals surface area contributed by atoms with E-state index in [0.29, 0.717) is 5.75 Å². The van der Waals surface area contributed by atoms with E-state index >= 15 is 0 Å². The number of rotatable bonds is 4. The molecule has 0 unspecified atom stereocenters. The normalized spacial score (nSPS) is 11.3. The topological polar surface area (TPSA) is 38.7 Å². The Morgan fingerprint density at radius 1 is 1.27 bits per heavy atom. The molecule has 0 aliphatic heterocycles. The van der Waals surface area contributed by atoms with Gasteiger partial charge < -0.3 is 14.6 Å². The molecule has 1 rings (SSSR count). The molecule has 0 saturated heterocycles. The van der Waals surface area contributed by atoms with E-state index in [9.17, 15) is 8.78 Å². The molecule has 0 heterocycles. The van der Waals surface area contributed by atoms with Crippen molar-refractivity contribution in [3.8, 4) is 11.5 Å². The minimum absolute atomic E-state index is 0.0230. The quantitative estimate of drug-likeness (QED) is 0.837. The Balaban J connectivity index is 3.23. The third-order valence-electron chi connectivity index (χ3n) is 2.00. The molecule has 0 radical (unpaired) electrons. The molecule has 0 amide bonds. The van der Waals surface area contributed by atoms with Crippen molar-refractivity contribution in [2.75, 3.05) is 20.8 Å². The molecule has 84 valence electrons. The number of alkyl halides is 2. The molecule has 1 N–H and O–H groups in total. The van der Waals surface area contributed by atoms with Gasteiger partial charge in [-0.1, -0.05) is 0 Å². The van der Waals surface area contributed by atoms with E-state index in [1.807, 2.05) is 0 Å². The van der Waals surface area contributed by atoms with E-state index in [2.05, 4.69) is 0 Å². The van der Waals surface area contributed by atoms with Gasteiger partial charge >= 0.3 is 0 Å². The van der Waals surface area contributed by atoms with Crippen LogP contribution in [0.25, 0.3) is 0 Å². The van der Waals surface area contributed by atoms with Crippen LogP contribution in [0.15, 0.2) is 18.2 Å². The molecule has 0 spiro atoms. The average Bonchev–Trinajstić information content (AvgIpc) is 2.28. The lowest BCUT2D eigenvalue weighted by Gasteiger charge is -2.17. The highest BCUT2D eigenvalue weighted by atomic mass is 19.3. The highest BCUT2D eigenvalue weighted by Crippen LogP contribution is 2.36. The van der Waals surface area contributed by atoms with Crippen LogP contribution in [0, 0.1) is 0 Å². The van der Waals surface area contributed by atoms with Crippen molar-refractivity contribution in [3.63, 3.8) is 0 Å². The molecule has 1 aromatic carbocycles. The monoisotopic (exact) mass is 218 g/mol. The number of methoxy groups -OCH3 is 2. The van der Waals surface area contributed by atoms with Crippen LogP contribution in [0.1, 0.15) is 5.56 Å². The fourth-order valence-electron chi connectivity index (χ4n) is 1.19. The highest BCUT2D eigenvalue weighted by Gasteiger charge is 2.34. The van der Waals surface area contributed by atoms with Crippen LogP contribution in [-0.2, 0) is 5.92 Å². The predicted octanol–water partition coefficient (Wildman–Crippen LogP) is 1.79. The summed E-state index contributed by atoms with van der Waals surface area (Å²) in [6.07, 6.45) is 0. The van der Waals surface area contributed by atoms with Gasteiger partial charge in [-0.2, -0.15) is 8.78 Å². The standard InChI is InChI=1S/C10H12F2O3/c1-14-7-3-4-9(15-2)8(5-7)10(11,12)6-13/h3-5,13H,6H2,1-2H3. The minimum Gasteiger partial charge on any atom is -0.497 e. The van der Waals surface area contributed by atoms with Gasteiger partial charge in [-0.3, -0.25) is 0 Å². The second-order valence-electron chi connectivity index (χ2n) is 2.93. The molecule has 0 aromatic heterocycles.